The minimum Gasteiger partial charge on any atom is -0.491 e. The second-order valence-electron chi connectivity index (χ2n) is 9.20. The van der Waals surface area contributed by atoms with Gasteiger partial charge in [0.25, 0.3) is 11.1 Å². The number of halogens is 1. The molecule has 1 aliphatic rings. The Labute approximate surface area is 242 Å². The number of fused-ring (bicyclic) bond motifs is 1. The van der Waals surface area contributed by atoms with Crippen molar-refractivity contribution in [1.82, 2.24) is 4.90 Å². The molecule has 204 valence electrons. The predicted octanol–water partition coefficient (Wildman–Crippen LogP) is 7.89. The van der Waals surface area contributed by atoms with E-state index in [0.717, 1.165) is 28.1 Å². The average Bonchev–Trinajstić information content (AvgIpc) is 3.21. The molecule has 0 unspecified atom stereocenters. The molecule has 4 aromatic carbocycles. The maximum absolute atomic E-state index is 13.1. The van der Waals surface area contributed by atoms with Gasteiger partial charge in [0.2, 0.25) is 0 Å². The molecule has 4 aromatic rings. The molecule has 0 spiro atoms. The molecular weight excluding hydrogens is 546 g/mol. The number of ether oxygens (including phenoxy) is 3. The van der Waals surface area contributed by atoms with Crippen LogP contribution in [0.4, 0.5) is 4.79 Å². The number of amides is 2. The van der Waals surface area contributed by atoms with Gasteiger partial charge in [0, 0.05) is 5.39 Å². The van der Waals surface area contributed by atoms with Crippen LogP contribution in [0, 0.1) is 6.92 Å². The summed E-state index contributed by atoms with van der Waals surface area (Å²) in [7, 11) is 0. The zero-order valence-electron chi connectivity index (χ0n) is 22.2. The van der Waals surface area contributed by atoms with E-state index in [1.54, 1.807) is 18.2 Å². The largest absolute Gasteiger partial charge is 0.491 e. The van der Waals surface area contributed by atoms with Crippen LogP contribution < -0.4 is 14.2 Å². The third-order valence-corrected chi connectivity index (χ3v) is 7.52. The summed E-state index contributed by atoms with van der Waals surface area (Å²) in [6.07, 6.45) is 1.65. The van der Waals surface area contributed by atoms with Gasteiger partial charge in [-0.05, 0) is 66.4 Å². The Morgan fingerprint density at radius 2 is 1.68 bits per heavy atom. The first-order chi connectivity index (χ1) is 19.4. The number of benzene rings is 4. The molecule has 0 bridgehead atoms. The van der Waals surface area contributed by atoms with E-state index in [1.165, 1.54) is 10.5 Å². The van der Waals surface area contributed by atoms with Crippen LogP contribution in [0.25, 0.3) is 16.8 Å². The second-order valence-corrected chi connectivity index (χ2v) is 10.6. The summed E-state index contributed by atoms with van der Waals surface area (Å²) in [6, 6.07) is 25.2. The molecule has 1 aliphatic heterocycles. The standard InChI is InChI=1S/C32H28ClNO5S/c1-3-37-28-18-23(17-26(33)30(28)39-20-22-13-11-21(2)12-14-22)19-29-31(35)34(32(36)40-29)15-16-38-27-10-6-8-24-7-4-5-9-25(24)27/h4-14,17-19H,3,15-16,20H2,1-2H3/b29-19-. The van der Waals surface area contributed by atoms with Gasteiger partial charge in [-0.1, -0.05) is 77.8 Å². The number of carbonyl (C=O) groups excluding carboxylic acids is 2. The van der Waals surface area contributed by atoms with Gasteiger partial charge in [0.1, 0.15) is 19.0 Å². The van der Waals surface area contributed by atoms with Crippen molar-refractivity contribution in [1.29, 1.82) is 0 Å². The van der Waals surface area contributed by atoms with Crippen LogP contribution in [0.3, 0.4) is 0 Å². The summed E-state index contributed by atoms with van der Waals surface area (Å²) in [5, 5.41) is 2.05. The Hall–Kier alpha value is -3.94. The highest BCUT2D eigenvalue weighted by Gasteiger charge is 2.35. The van der Waals surface area contributed by atoms with Crippen molar-refractivity contribution in [3.05, 3.63) is 105 Å². The number of aryl methyl sites for hydroxylation is 1. The van der Waals surface area contributed by atoms with Crippen LogP contribution in [0.2, 0.25) is 5.02 Å². The van der Waals surface area contributed by atoms with Crippen molar-refractivity contribution in [2.45, 2.75) is 20.5 Å². The first-order valence-electron chi connectivity index (χ1n) is 12.9. The molecule has 0 radical (unpaired) electrons. The van der Waals surface area contributed by atoms with Crippen LogP contribution in [0.5, 0.6) is 17.2 Å². The zero-order chi connectivity index (χ0) is 28.1. The van der Waals surface area contributed by atoms with E-state index >= 15 is 0 Å². The molecule has 1 saturated heterocycles. The summed E-state index contributed by atoms with van der Waals surface area (Å²) in [5.41, 5.74) is 2.81. The number of carbonyl (C=O) groups is 2. The molecule has 2 amide bonds. The quantitative estimate of drug-likeness (QED) is 0.180. The van der Waals surface area contributed by atoms with Crippen molar-refractivity contribution < 1.29 is 23.8 Å². The second kappa shape index (κ2) is 12.5. The molecule has 40 heavy (non-hydrogen) atoms. The van der Waals surface area contributed by atoms with Crippen molar-refractivity contribution in [3.8, 4) is 17.2 Å². The SMILES string of the molecule is CCOc1cc(/C=C2\SC(=O)N(CCOc3cccc4ccccc34)C2=O)cc(Cl)c1OCc1ccc(C)cc1. The van der Waals surface area contributed by atoms with Crippen LogP contribution in [0.15, 0.2) is 83.8 Å². The summed E-state index contributed by atoms with van der Waals surface area (Å²) in [6.45, 7) is 4.97. The lowest BCUT2D eigenvalue weighted by molar-refractivity contribution is -0.123. The lowest BCUT2D eigenvalue weighted by Crippen LogP contribution is -2.32. The van der Waals surface area contributed by atoms with Gasteiger partial charge in [0.05, 0.1) is 23.1 Å². The number of hydrogen-bond acceptors (Lipinski definition) is 6. The van der Waals surface area contributed by atoms with Crippen molar-refractivity contribution >= 4 is 51.4 Å². The third kappa shape index (κ3) is 6.27. The van der Waals surface area contributed by atoms with E-state index < -0.39 is 0 Å². The van der Waals surface area contributed by atoms with Gasteiger partial charge in [-0.15, -0.1) is 0 Å². The Balaban J connectivity index is 1.27. The van der Waals surface area contributed by atoms with E-state index in [1.807, 2.05) is 80.6 Å². The topological polar surface area (TPSA) is 65.1 Å². The van der Waals surface area contributed by atoms with Crippen LogP contribution in [-0.4, -0.2) is 35.8 Å². The minimum absolute atomic E-state index is 0.141. The van der Waals surface area contributed by atoms with Gasteiger partial charge in [0.15, 0.2) is 11.5 Å². The van der Waals surface area contributed by atoms with E-state index in [4.69, 9.17) is 25.8 Å². The smallest absolute Gasteiger partial charge is 0.293 e. The van der Waals surface area contributed by atoms with Crippen molar-refractivity contribution in [3.63, 3.8) is 0 Å². The fraction of sp³-hybridized carbons (Fsp3) is 0.188. The van der Waals surface area contributed by atoms with Crippen LogP contribution in [0.1, 0.15) is 23.6 Å². The third-order valence-electron chi connectivity index (χ3n) is 6.33. The fourth-order valence-corrected chi connectivity index (χ4v) is 5.47. The Bertz CT molecular complexity index is 1580. The van der Waals surface area contributed by atoms with Gasteiger partial charge in [-0.25, -0.2) is 0 Å². The monoisotopic (exact) mass is 573 g/mol. The minimum atomic E-state index is -0.370. The number of imide groups is 1. The first kappa shape index (κ1) is 27.6. The highest BCUT2D eigenvalue weighted by atomic mass is 35.5. The molecule has 0 aromatic heterocycles. The number of thioether (sulfide) groups is 1. The molecule has 5 rings (SSSR count). The lowest BCUT2D eigenvalue weighted by Gasteiger charge is -2.15. The lowest BCUT2D eigenvalue weighted by atomic mass is 10.1. The Morgan fingerprint density at radius 1 is 0.900 bits per heavy atom. The maximum Gasteiger partial charge on any atom is 0.293 e. The van der Waals surface area contributed by atoms with Gasteiger partial charge < -0.3 is 14.2 Å². The van der Waals surface area contributed by atoms with Gasteiger partial charge in [-0.2, -0.15) is 0 Å². The molecule has 0 N–H and O–H groups in total. The van der Waals surface area contributed by atoms with E-state index in [2.05, 4.69) is 0 Å². The Morgan fingerprint density at radius 3 is 2.48 bits per heavy atom. The first-order valence-corrected chi connectivity index (χ1v) is 14.1. The number of nitrogens with zero attached hydrogens (tertiary/aromatic N) is 1. The van der Waals surface area contributed by atoms with Crippen LogP contribution >= 0.6 is 23.4 Å². The highest BCUT2D eigenvalue weighted by molar-refractivity contribution is 8.18. The molecule has 1 fully saturated rings. The predicted molar refractivity (Wildman–Crippen MR) is 160 cm³/mol. The molecule has 0 aliphatic carbocycles. The summed E-state index contributed by atoms with van der Waals surface area (Å²) >= 11 is 7.48. The molecule has 6 nitrogen and oxygen atoms in total. The average molecular weight is 574 g/mol. The Kier molecular flexibility index (Phi) is 8.63. The molecule has 0 atom stereocenters. The van der Waals surface area contributed by atoms with Gasteiger partial charge in [-0.3, -0.25) is 14.5 Å². The van der Waals surface area contributed by atoms with Crippen molar-refractivity contribution in [2.24, 2.45) is 0 Å². The van der Waals surface area contributed by atoms with Gasteiger partial charge >= 0.3 is 0 Å². The number of hydrogen-bond donors (Lipinski definition) is 0. The van der Waals surface area contributed by atoms with E-state index in [9.17, 15) is 9.59 Å². The van der Waals surface area contributed by atoms with E-state index in [-0.39, 0.29) is 24.3 Å². The molecule has 8 heteroatoms. The van der Waals surface area contributed by atoms with E-state index in [0.29, 0.717) is 46.0 Å². The number of rotatable bonds is 10. The summed E-state index contributed by atoms with van der Waals surface area (Å²) in [5.74, 6) is 1.24. The molecular formula is C32H28ClNO5S. The summed E-state index contributed by atoms with van der Waals surface area (Å²) in [4.78, 5) is 27.3. The van der Waals surface area contributed by atoms with Crippen LogP contribution in [-0.2, 0) is 11.4 Å². The molecule has 1 heterocycles. The molecule has 0 saturated carbocycles. The summed E-state index contributed by atoms with van der Waals surface area (Å²) < 4.78 is 17.8. The normalized spacial score (nSPS) is 14.3. The highest BCUT2D eigenvalue weighted by Crippen LogP contribution is 2.39. The van der Waals surface area contributed by atoms with Crippen molar-refractivity contribution in [2.75, 3.05) is 19.8 Å². The fourth-order valence-electron chi connectivity index (χ4n) is 4.33. The zero-order valence-corrected chi connectivity index (χ0v) is 23.8. The maximum atomic E-state index is 13.1.